The molecular formula is C19H16ClF2N3O2S. The molecule has 0 unspecified atom stereocenters. The summed E-state index contributed by atoms with van der Waals surface area (Å²) in [5.41, 5.74) is 2.32. The SMILES string of the molecule is Cc1c(Cc2ccnc(S(C)(=O)=O)c2F)cncc1Nc1ccc(Cl)cc1F. The second-order valence-electron chi connectivity index (χ2n) is 6.26. The van der Waals surface area contributed by atoms with Crippen molar-refractivity contribution in [2.45, 2.75) is 18.4 Å². The summed E-state index contributed by atoms with van der Waals surface area (Å²) in [6.07, 6.45) is 5.34. The van der Waals surface area contributed by atoms with Crippen LogP contribution < -0.4 is 5.32 Å². The third kappa shape index (κ3) is 4.28. The molecule has 5 nitrogen and oxygen atoms in total. The normalized spacial score (nSPS) is 11.5. The van der Waals surface area contributed by atoms with Crippen molar-refractivity contribution < 1.29 is 17.2 Å². The van der Waals surface area contributed by atoms with Crippen LogP contribution >= 0.6 is 11.6 Å². The zero-order valence-corrected chi connectivity index (χ0v) is 16.6. The minimum Gasteiger partial charge on any atom is -0.352 e. The topological polar surface area (TPSA) is 72.0 Å². The van der Waals surface area contributed by atoms with Gasteiger partial charge in [-0.3, -0.25) is 4.98 Å². The van der Waals surface area contributed by atoms with Gasteiger partial charge in [0.05, 0.1) is 17.6 Å². The van der Waals surface area contributed by atoms with E-state index in [1.165, 1.54) is 30.6 Å². The molecule has 0 saturated heterocycles. The molecule has 0 aliphatic rings. The zero-order chi connectivity index (χ0) is 20.5. The molecule has 0 spiro atoms. The average Bonchev–Trinajstić information content (AvgIpc) is 2.61. The van der Waals surface area contributed by atoms with Gasteiger partial charge in [-0.15, -0.1) is 0 Å². The van der Waals surface area contributed by atoms with Gasteiger partial charge in [-0.05, 0) is 47.9 Å². The van der Waals surface area contributed by atoms with E-state index in [4.69, 9.17) is 11.6 Å². The Kier molecular flexibility index (Phi) is 5.62. The summed E-state index contributed by atoms with van der Waals surface area (Å²) in [5.74, 6) is -1.40. The second-order valence-corrected chi connectivity index (χ2v) is 8.63. The standard InChI is InChI=1S/C19H16ClF2N3O2S/c1-11-13(7-12-5-6-24-19(18(12)22)28(2,26)27)9-23-10-17(11)25-16-4-3-14(20)8-15(16)21/h3-6,8-10,25H,7H2,1-2H3. The van der Waals surface area contributed by atoms with E-state index >= 15 is 0 Å². The Hall–Kier alpha value is -2.58. The van der Waals surface area contributed by atoms with Crippen LogP contribution in [0.1, 0.15) is 16.7 Å². The predicted octanol–water partition coefficient (Wildman–Crippen LogP) is 4.45. The number of aromatic nitrogens is 2. The molecule has 0 aliphatic carbocycles. The largest absolute Gasteiger partial charge is 0.352 e. The average molecular weight is 424 g/mol. The van der Waals surface area contributed by atoms with Crippen LogP contribution in [0.4, 0.5) is 20.2 Å². The maximum Gasteiger partial charge on any atom is 0.195 e. The van der Waals surface area contributed by atoms with Crippen LogP contribution in [0.25, 0.3) is 0 Å². The Balaban J connectivity index is 1.94. The molecular weight excluding hydrogens is 408 g/mol. The van der Waals surface area contributed by atoms with Gasteiger partial charge in [0.15, 0.2) is 20.7 Å². The summed E-state index contributed by atoms with van der Waals surface area (Å²) in [7, 11) is -3.78. The third-order valence-corrected chi connectivity index (χ3v) is 5.41. The highest BCUT2D eigenvalue weighted by Gasteiger charge is 2.19. The molecule has 3 aromatic rings. The highest BCUT2D eigenvalue weighted by Crippen LogP contribution is 2.27. The van der Waals surface area contributed by atoms with Gasteiger partial charge in [-0.25, -0.2) is 22.2 Å². The number of halogens is 3. The molecule has 2 aromatic heterocycles. The Labute approximate surface area is 166 Å². The van der Waals surface area contributed by atoms with Gasteiger partial charge in [0.25, 0.3) is 0 Å². The fourth-order valence-electron chi connectivity index (χ4n) is 2.67. The summed E-state index contributed by atoms with van der Waals surface area (Å²) in [6.45, 7) is 1.78. The predicted molar refractivity (Wildman–Crippen MR) is 104 cm³/mol. The molecule has 0 radical (unpaired) electrons. The molecule has 3 rings (SSSR count). The minimum atomic E-state index is -3.78. The Morgan fingerprint density at radius 2 is 1.86 bits per heavy atom. The molecule has 0 atom stereocenters. The number of hydrogen-bond acceptors (Lipinski definition) is 5. The van der Waals surface area contributed by atoms with Crippen molar-refractivity contribution in [2.75, 3.05) is 11.6 Å². The molecule has 146 valence electrons. The Bertz CT molecular complexity index is 1150. The van der Waals surface area contributed by atoms with E-state index < -0.39 is 26.5 Å². The number of anilines is 2. The van der Waals surface area contributed by atoms with Gasteiger partial charge in [0, 0.05) is 30.1 Å². The van der Waals surface area contributed by atoms with Crippen molar-refractivity contribution in [1.82, 2.24) is 9.97 Å². The van der Waals surface area contributed by atoms with Crippen LogP contribution in [0, 0.1) is 18.6 Å². The van der Waals surface area contributed by atoms with E-state index in [0.29, 0.717) is 11.3 Å². The van der Waals surface area contributed by atoms with Crippen molar-refractivity contribution in [1.29, 1.82) is 0 Å². The first kappa shape index (κ1) is 20.2. The zero-order valence-electron chi connectivity index (χ0n) is 15.0. The lowest BCUT2D eigenvalue weighted by Crippen LogP contribution is -2.08. The lowest BCUT2D eigenvalue weighted by Gasteiger charge is -2.14. The maximum atomic E-state index is 14.6. The molecule has 28 heavy (non-hydrogen) atoms. The van der Waals surface area contributed by atoms with Crippen LogP contribution in [0.5, 0.6) is 0 Å². The smallest absolute Gasteiger partial charge is 0.195 e. The highest BCUT2D eigenvalue weighted by molar-refractivity contribution is 7.90. The van der Waals surface area contributed by atoms with Crippen LogP contribution in [0.2, 0.25) is 5.02 Å². The maximum absolute atomic E-state index is 14.6. The number of nitrogens with zero attached hydrogens (tertiary/aromatic N) is 2. The lowest BCUT2D eigenvalue weighted by atomic mass is 10.0. The van der Waals surface area contributed by atoms with Crippen LogP contribution in [-0.4, -0.2) is 24.6 Å². The third-order valence-electron chi connectivity index (χ3n) is 4.19. The number of nitrogens with one attached hydrogen (secondary N) is 1. The van der Waals surface area contributed by atoms with Crippen molar-refractivity contribution >= 4 is 32.8 Å². The van der Waals surface area contributed by atoms with Gasteiger partial charge in [-0.2, -0.15) is 0 Å². The molecule has 1 aromatic carbocycles. The van der Waals surface area contributed by atoms with E-state index in [1.54, 1.807) is 19.2 Å². The summed E-state index contributed by atoms with van der Waals surface area (Å²) in [5, 5.41) is 2.64. The molecule has 9 heteroatoms. The molecule has 2 heterocycles. The summed E-state index contributed by atoms with van der Waals surface area (Å²) < 4.78 is 52.0. The van der Waals surface area contributed by atoms with Crippen molar-refractivity contribution in [3.63, 3.8) is 0 Å². The van der Waals surface area contributed by atoms with Crippen LogP contribution in [0.15, 0.2) is 47.9 Å². The van der Waals surface area contributed by atoms with E-state index in [9.17, 15) is 17.2 Å². The minimum absolute atomic E-state index is 0.105. The molecule has 1 N–H and O–H groups in total. The summed E-state index contributed by atoms with van der Waals surface area (Å²) in [6, 6.07) is 5.67. The highest BCUT2D eigenvalue weighted by atomic mass is 35.5. The molecule has 0 fully saturated rings. The van der Waals surface area contributed by atoms with Gasteiger partial charge in [0.1, 0.15) is 5.82 Å². The van der Waals surface area contributed by atoms with Gasteiger partial charge in [0.2, 0.25) is 0 Å². The van der Waals surface area contributed by atoms with E-state index in [1.807, 2.05) is 0 Å². The second kappa shape index (κ2) is 7.81. The fourth-order valence-corrected chi connectivity index (χ4v) is 3.54. The number of rotatable bonds is 5. The van der Waals surface area contributed by atoms with E-state index in [-0.39, 0.29) is 22.7 Å². The van der Waals surface area contributed by atoms with Crippen LogP contribution in [0.3, 0.4) is 0 Å². The Morgan fingerprint density at radius 3 is 2.54 bits per heavy atom. The lowest BCUT2D eigenvalue weighted by molar-refractivity contribution is 0.548. The quantitative estimate of drug-likeness (QED) is 0.656. The summed E-state index contributed by atoms with van der Waals surface area (Å²) in [4.78, 5) is 7.74. The number of pyridine rings is 2. The molecule has 0 aliphatic heterocycles. The van der Waals surface area contributed by atoms with Crippen LogP contribution in [-0.2, 0) is 16.3 Å². The fraction of sp³-hybridized carbons (Fsp3) is 0.158. The van der Waals surface area contributed by atoms with Crippen molar-refractivity contribution in [2.24, 2.45) is 0 Å². The van der Waals surface area contributed by atoms with Gasteiger partial charge >= 0.3 is 0 Å². The Morgan fingerprint density at radius 1 is 1.11 bits per heavy atom. The summed E-state index contributed by atoms with van der Waals surface area (Å²) >= 11 is 5.76. The van der Waals surface area contributed by atoms with Gasteiger partial charge in [-0.1, -0.05) is 11.6 Å². The first-order chi connectivity index (χ1) is 13.2. The van der Waals surface area contributed by atoms with E-state index in [0.717, 1.165) is 11.8 Å². The number of sulfone groups is 1. The molecule has 0 amide bonds. The monoisotopic (exact) mass is 423 g/mol. The number of hydrogen-bond donors (Lipinski definition) is 1. The molecule has 0 saturated carbocycles. The first-order valence-corrected chi connectivity index (χ1v) is 10.4. The van der Waals surface area contributed by atoms with Crippen molar-refractivity contribution in [3.8, 4) is 0 Å². The van der Waals surface area contributed by atoms with E-state index in [2.05, 4.69) is 15.3 Å². The number of benzene rings is 1. The molecule has 0 bridgehead atoms. The van der Waals surface area contributed by atoms with Crippen molar-refractivity contribution in [3.05, 3.63) is 76.2 Å². The first-order valence-electron chi connectivity index (χ1n) is 8.16. The van der Waals surface area contributed by atoms with Gasteiger partial charge < -0.3 is 5.32 Å².